The lowest BCUT2D eigenvalue weighted by Crippen LogP contribution is -2.40. The molecular weight excluding hydrogens is 214 g/mol. The van der Waals surface area contributed by atoms with E-state index in [1.165, 1.54) is 0 Å². The Kier molecular flexibility index (Phi) is 8.23. The lowest BCUT2D eigenvalue weighted by atomic mass is 10.1. The molecule has 0 aromatic heterocycles. The predicted octanol–water partition coefficient (Wildman–Crippen LogP) is 3.13. The molecule has 0 rings (SSSR count). The minimum Gasteiger partial charge on any atom is -0.374 e. The summed E-state index contributed by atoms with van der Waals surface area (Å²) in [4.78, 5) is 11.5. The van der Waals surface area contributed by atoms with E-state index in [0.29, 0.717) is 18.9 Å². The van der Waals surface area contributed by atoms with Crippen molar-refractivity contribution in [3.63, 3.8) is 0 Å². The van der Waals surface area contributed by atoms with Crippen LogP contribution in [0.15, 0.2) is 0 Å². The van der Waals surface area contributed by atoms with Crippen LogP contribution in [0.1, 0.15) is 60.3 Å². The number of rotatable bonds is 9. The van der Waals surface area contributed by atoms with Gasteiger partial charge in [-0.2, -0.15) is 0 Å². The third kappa shape index (κ3) is 10.3. The molecule has 102 valence electrons. The number of ether oxygens (including phenoxy) is 1. The highest BCUT2D eigenvalue weighted by atomic mass is 16.5. The zero-order valence-corrected chi connectivity index (χ0v) is 12.1. The van der Waals surface area contributed by atoms with Gasteiger partial charge in [0.2, 0.25) is 5.91 Å². The molecule has 0 bridgehead atoms. The lowest BCUT2D eigenvalue weighted by Gasteiger charge is -2.26. The standard InChI is InChI=1S/C14H29NO2/c1-6-7-8-13(16)15-11-14(4,5)17-10-9-12(2)3/h12H,6-11H2,1-5H3,(H,15,16). The predicted molar refractivity (Wildman–Crippen MR) is 72.0 cm³/mol. The molecule has 0 aliphatic heterocycles. The summed E-state index contributed by atoms with van der Waals surface area (Å²) < 4.78 is 5.78. The van der Waals surface area contributed by atoms with Crippen molar-refractivity contribution in [1.29, 1.82) is 0 Å². The number of nitrogens with one attached hydrogen (secondary N) is 1. The first-order chi connectivity index (χ1) is 7.87. The van der Waals surface area contributed by atoms with Gasteiger partial charge < -0.3 is 10.1 Å². The van der Waals surface area contributed by atoms with E-state index in [9.17, 15) is 4.79 Å². The number of unbranched alkanes of at least 4 members (excludes halogenated alkanes) is 1. The molecule has 1 amide bonds. The van der Waals surface area contributed by atoms with Crippen LogP contribution in [0, 0.1) is 5.92 Å². The smallest absolute Gasteiger partial charge is 0.220 e. The van der Waals surface area contributed by atoms with Crippen LogP contribution in [0.5, 0.6) is 0 Å². The Bertz CT molecular complexity index is 212. The Labute approximate surface area is 106 Å². The number of amides is 1. The van der Waals surface area contributed by atoms with E-state index in [4.69, 9.17) is 4.74 Å². The molecule has 3 nitrogen and oxygen atoms in total. The molecular formula is C14H29NO2. The molecule has 0 heterocycles. The molecule has 0 spiro atoms. The second-order valence-electron chi connectivity index (χ2n) is 5.67. The van der Waals surface area contributed by atoms with E-state index < -0.39 is 0 Å². The maximum Gasteiger partial charge on any atom is 0.220 e. The summed E-state index contributed by atoms with van der Waals surface area (Å²) in [5.41, 5.74) is -0.267. The molecule has 0 atom stereocenters. The molecule has 0 aromatic carbocycles. The Balaban J connectivity index is 3.72. The monoisotopic (exact) mass is 243 g/mol. The number of carbonyl (C=O) groups excluding carboxylic acids is 1. The topological polar surface area (TPSA) is 38.3 Å². The zero-order valence-electron chi connectivity index (χ0n) is 12.1. The van der Waals surface area contributed by atoms with Gasteiger partial charge in [0, 0.05) is 19.6 Å². The molecule has 0 aliphatic rings. The normalized spacial score (nSPS) is 11.9. The summed E-state index contributed by atoms with van der Waals surface area (Å²) in [6.45, 7) is 11.8. The summed E-state index contributed by atoms with van der Waals surface area (Å²) in [5.74, 6) is 0.789. The molecule has 1 N–H and O–H groups in total. The van der Waals surface area contributed by atoms with Gasteiger partial charge >= 0.3 is 0 Å². The van der Waals surface area contributed by atoms with Crippen LogP contribution in [0.4, 0.5) is 0 Å². The number of hydrogen-bond donors (Lipinski definition) is 1. The quantitative estimate of drug-likeness (QED) is 0.675. The highest BCUT2D eigenvalue weighted by molar-refractivity contribution is 5.75. The van der Waals surface area contributed by atoms with Gasteiger partial charge in [-0.1, -0.05) is 27.2 Å². The Morgan fingerprint density at radius 1 is 1.35 bits per heavy atom. The second-order valence-corrected chi connectivity index (χ2v) is 5.67. The molecule has 3 heteroatoms. The fourth-order valence-electron chi connectivity index (χ4n) is 1.36. The van der Waals surface area contributed by atoms with E-state index in [1.807, 2.05) is 13.8 Å². The van der Waals surface area contributed by atoms with Crippen molar-refractivity contribution in [1.82, 2.24) is 5.32 Å². The average molecular weight is 243 g/mol. The Hall–Kier alpha value is -0.570. The largest absolute Gasteiger partial charge is 0.374 e. The zero-order chi connectivity index (χ0) is 13.3. The van der Waals surface area contributed by atoms with Crippen LogP contribution in [0.2, 0.25) is 0 Å². The van der Waals surface area contributed by atoms with Crippen LogP contribution in [-0.4, -0.2) is 24.7 Å². The first kappa shape index (κ1) is 16.4. The first-order valence-electron chi connectivity index (χ1n) is 6.78. The first-order valence-corrected chi connectivity index (χ1v) is 6.78. The minimum absolute atomic E-state index is 0.132. The molecule has 0 fully saturated rings. The van der Waals surface area contributed by atoms with E-state index in [2.05, 4.69) is 26.1 Å². The summed E-state index contributed by atoms with van der Waals surface area (Å²) in [6, 6.07) is 0. The lowest BCUT2D eigenvalue weighted by molar-refractivity contribution is -0.122. The summed E-state index contributed by atoms with van der Waals surface area (Å²) >= 11 is 0. The SMILES string of the molecule is CCCCC(=O)NCC(C)(C)OCCC(C)C. The van der Waals surface area contributed by atoms with E-state index in [0.717, 1.165) is 25.9 Å². The maximum absolute atomic E-state index is 11.5. The molecule has 0 unspecified atom stereocenters. The van der Waals surface area contributed by atoms with Crippen molar-refractivity contribution >= 4 is 5.91 Å². The fourth-order valence-corrected chi connectivity index (χ4v) is 1.36. The Morgan fingerprint density at radius 3 is 2.53 bits per heavy atom. The third-order valence-corrected chi connectivity index (χ3v) is 2.66. The van der Waals surface area contributed by atoms with Gasteiger partial charge in [-0.3, -0.25) is 4.79 Å². The van der Waals surface area contributed by atoms with Gasteiger partial charge in [-0.05, 0) is 32.6 Å². The molecule has 0 saturated carbocycles. The van der Waals surface area contributed by atoms with Gasteiger partial charge in [-0.25, -0.2) is 0 Å². The molecule has 0 aromatic rings. The van der Waals surface area contributed by atoms with E-state index in [-0.39, 0.29) is 11.5 Å². The van der Waals surface area contributed by atoms with E-state index >= 15 is 0 Å². The summed E-state index contributed by atoms with van der Waals surface area (Å²) in [6.07, 6.45) is 3.70. The maximum atomic E-state index is 11.5. The van der Waals surface area contributed by atoms with Gasteiger partial charge in [0.1, 0.15) is 0 Å². The highest BCUT2D eigenvalue weighted by Gasteiger charge is 2.19. The van der Waals surface area contributed by atoms with Gasteiger partial charge in [0.05, 0.1) is 5.60 Å². The van der Waals surface area contributed by atoms with Crippen molar-refractivity contribution in [2.24, 2.45) is 5.92 Å². The van der Waals surface area contributed by atoms with Crippen LogP contribution < -0.4 is 5.32 Å². The van der Waals surface area contributed by atoms with Gasteiger partial charge in [-0.15, -0.1) is 0 Å². The van der Waals surface area contributed by atoms with Crippen LogP contribution >= 0.6 is 0 Å². The van der Waals surface area contributed by atoms with Gasteiger partial charge in [0.25, 0.3) is 0 Å². The third-order valence-electron chi connectivity index (χ3n) is 2.66. The number of carbonyl (C=O) groups is 1. The number of hydrogen-bond acceptors (Lipinski definition) is 2. The van der Waals surface area contributed by atoms with Crippen molar-refractivity contribution < 1.29 is 9.53 Å². The van der Waals surface area contributed by atoms with Gasteiger partial charge in [0.15, 0.2) is 0 Å². The second kappa shape index (κ2) is 8.51. The average Bonchev–Trinajstić information content (AvgIpc) is 2.23. The summed E-state index contributed by atoms with van der Waals surface area (Å²) in [5, 5.41) is 2.93. The molecule has 0 saturated heterocycles. The Morgan fingerprint density at radius 2 is 2.00 bits per heavy atom. The summed E-state index contributed by atoms with van der Waals surface area (Å²) in [7, 11) is 0. The van der Waals surface area contributed by atoms with Crippen molar-refractivity contribution in [2.45, 2.75) is 65.9 Å². The fraction of sp³-hybridized carbons (Fsp3) is 0.929. The van der Waals surface area contributed by atoms with Crippen molar-refractivity contribution in [3.8, 4) is 0 Å². The van der Waals surface area contributed by atoms with Crippen LogP contribution in [0.3, 0.4) is 0 Å². The van der Waals surface area contributed by atoms with Crippen molar-refractivity contribution in [3.05, 3.63) is 0 Å². The molecule has 0 radical (unpaired) electrons. The molecule has 0 aliphatic carbocycles. The van der Waals surface area contributed by atoms with Crippen molar-refractivity contribution in [2.75, 3.05) is 13.2 Å². The minimum atomic E-state index is -0.267. The highest BCUT2D eigenvalue weighted by Crippen LogP contribution is 2.10. The van der Waals surface area contributed by atoms with Crippen LogP contribution in [-0.2, 0) is 9.53 Å². The molecule has 17 heavy (non-hydrogen) atoms. The van der Waals surface area contributed by atoms with E-state index in [1.54, 1.807) is 0 Å². The van der Waals surface area contributed by atoms with Crippen LogP contribution in [0.25, 0.3) is 0 Å².